The number of anilines is 2. The van der Waals surface area contributed by atoms with Gasteiger partial charge in [0.2, 0.25) is 0 Å². The molecule has 0 radical (unpaired) electrons. The predicted octanol–water partition coefficient (Wildman–Crippen LogP) is 5.15. The summed E-state index contributed by atoms with van der Waals surface area (Å²) < 4.78 is 15.2. The lowest BCUT2D eigenvalue weighted by Crippen LogP contribution is -2.19. The quantitative estimate of drug-likeness (QED) is 0.606. The molecule has 1 heterocycles. The first-order valence-corrected chi connectivity index (χ1v) is 8.82. The van der Waals surface area contributed by atoms with E-state index in [1.165, 1.54) is 12.1 Å². The van der Waals surface area contributed by atoms with E-state index in [-0.39, 0.29) is 5.02 Å². The number of thiocarbonyl (C=S) groups is 1. The molecule has 0 amide bonds. The number of halogens is 2. The molecule has 0 aliphatic carbocycles. The van der Waals surface area contributed by atoms with Crippen LogP contribution in [0.1, 0.15) is 17.0 Å². The first kappa shape index (κ1) is 18.4. The van der Waals surface area contributed by atoms with Gasteiger partial charge in [-0.1, -0.05) is 23.7 Å². The average molecular weight is 389 g/mol. The Hall–Kier alpha value is -2.44. The molecule has 0 atom stereocenters. The maximum atomic E-state index is 13.2. The first-order valence-electron chi connectivity index (χ1n) is 8.04. The molecule has 3 rings (SSSR count). The third-order valence-electron chi connectivity index (χ3n) is 3.82. The molecule has 134 valence electrons. The van der Waals surface area contributed by atoms with Gasteiger partial charge in [-0.15, -0.1) is 0 Å². The number of hydrogen-bond donors (Lipinski definition) is 2. The molecule has 0 aliphatic heterocycles. The van der Waals surface area contributed by atoms with Crippen molar-refractivity contribution in [1.82, 2.24) is 9.78 Å². The fourth-order valence-corrected chi connectivity index (χ4v) is 2.99. The van der Waals surface area contributed by atoms with Crippen molar-refractivity contribution in [2.24, 2.45) is 0 Å². The van der Waals surface area contributed by atoms with E-state index in [0.717, 1.165) is 29.2 Å². The highest BCUT2D eigenvalue weighted by molar-refractivity contribution is 7.80. The van der Waals surface area contributed by atoms with Crippen molar-refractivity contribution < 1.29 is 4.39 Å². The van der Waals surface area contributed by atoms with E-state index in [1.54, 1.807) is 6.07 Å². The van der Waals surface area contributed by atoms with Crippen molar-refractivity contribution in [3.8, 4) is 0 Å². The molecule has 0 bridgehead atoms. The van der Waals surface area contributed by atoms with Crippen LogP contribution in [0.25, 0.3) is 0 Å². The molecule has 4 nitrogen and oxygen atoms in total. The SMILES string of the molecule is Cc1cc(C)n(Cc2ccc(NC(=S)Nc3ccc(F)c(Cl)c3)cc2)n1. The van der Waals surface area contributed by atoms with Crippen molar-refractivity contribution in [1.29, 1.82) is 0 Å². The van der Waals surface area contributed by atoms with Crippen LogP contribution in [0.2, 0.25) is 5.02 Å². The highest BCUT2D eigenvalue weighted by Gasteiger charge is 2.05. The maximum absolute atomic E-state index is 13.2. The Balaban J connectivity index is 1.60. The normalized spacial score (nSPS) is 10.6. The molecule has 2 N–H and O–H groups in total. The zero-order valence-electron chi connectivity index (χ0n) is 14.4. The highest BCUT2D eigenvalue weighted by Crippen LogP contribution is 2.20. The molecule has 0 spiro atoms. The minimum Gasteiger partial charge on any atom is -0.332 e. The van der Waals surface area contributed by atoms with Crippen LogP contribution in [0.15, 0.2) is 48.5 Å². The van der Waals surface area contributed by atoms with Gasteiger partial charge in [0.15, 0.2) is 5.11 Å². The summed E-state index contributed by atoms with van der Waals surface area (Å²) in [7, 11) is 0. The fourth-order valence-electron chi connectivity index (χ4n) is 2.57. The molecule has 7 heteroatoms. The molecule has 0 saturated heterocycles. The minimum absolute atomic E-state index is 0.0475. The minimum atomic E-state index is -0.464. The largest absolute Gasteiger partial charge is 0.332 e. The van der Waals surface area contributed by atoms with Crippen LogP contribution >= 0.6 is 23.8 Å². The van der Waals surface area contributed by atoms with Crippen molar-refractivity contribution >= 4 is 40.3 Å². The van der Waals surface area contributed by atoms with Crippen LogP contribution in [-0.4, -0.2) is 14.9 Å². The summed E-state index contributed by atoms with van der Waals surface area (Å²) in [6, 6.07) is 14.4. The Morgan fingerprint density at radius 2 is 1.73 bits per heavy atom. The van der Waals surface area contributed by atoms with Crippen LogP contribution in [-0.2, 0) is 6.54 Å². The van der Waals surface area contributed by atoms with Gasteiger partial charge < -0.3 is 10.6 Å². The Morgan fingerprint density at radius 1 is 1.08 bits per heavy atom. The zero-order valence-corrected chi connectivity index (χ0v) is 16.0. The third-order valence-corrected chi connectivity index (χ3v) is 4.32. The van der Waals surface area contributed by atoms with E-state index in [0.29, 0.717) is 10.8 Å². The van der Waals surface area contributed by atoms with Crippen molar-refractivity contribution in [3.05, 3.63) is 76.3 Å². The van der Waals surface area contributed by atoms with E-state index in [1.807, 2.05) is 42.8 Å². The maximum Gasteiger partial charge on any atom is 0.175 e. The number of nitrogens with one attached hydrogen (secondary N) is 2. The summed E-state index contributed by atoms with van der Waals surface area (Å²) in [4.78, 5) is 0. The van der Waals surface area contributed by atoms with Gasteiger partial charge in [-0.05, 0) is 68.0 Å². The van der Waals surface area contributed by atoms with Crippen LogP contribution in [0.5, 0.6) is 0 Å². The van der Waals surface area contributed by atoms with E-state index in [2.05, 4.69) is 21.8 Å². The van der Waals surface area contributed by atoms with Gasteiger partial charge in [-0.3, -0.25) is 4.68 Å². The molecular weight excluding hydrogens is 371 g/mol. The molecule has 26 heavy (non-hydrogen) atoms. The Bertz CT molecular complexity index is 937. The van der Waals surface area contributed by atoms with Crippen LogP contribution in [0.3, 0.4) is 0 Å². The van der Waals surface area contributed by atoms with Gasteiger partial charge in [0.1, 0.15) is 5.82 Å². The van der Waals surface area contributed by atoms with Crippen LogP contribution in [0.4, 0.5) is 15.8 Å². The number of benzene rings is 2. The number of aryl methyl sites for hydroxylation is 2. The van der Waals surface area contributed by atoms with E-state index >= 15 is 0 Å². The first-order chi connectivity index (χ1) is 12.4. The summed E-state index contributed by atoms with van der Waals surface area (Å²) in [5, 5.41) is 11.0. The Kier molecular flexibility index (Phi) is 5.54. The summed E-state index contributed by atoms with van der Waals surface area (Å²) in [6.07, 6.45) is 0. The average Bonchev–Trinajstić information content (AvgIpc) is 2.90. The topological polar surface area (TPSA) is 41.9 Å². The van der Waals surface area contributed by atoms with Gasteiger partial charge >= 0.3 is 0 Å². The van der Waals surface area contributed by atoms with E-state index < -0.39 is 5.82 Å². The van der Waals surface area contributed by atoms with Gasteiger partial charge in [-0.2, -0.15) is 5.10 Å². The fraction of sp³-hybridized carbons (Fsp3) is 0.158. The molecule has 0 fully saturated rings. The molecule has 0 unspecified atom stereocenters. The van der Waals surface area contributed by atoms with Gasteiger partial charge in [0.25, 0.3) is 0 Å². The summed E-state index contributed by atoms with van der Waals surface area (Å²) >= 11 is 11.0. The number of aromatic nitrogens is 2. The third kappa shape index (κ3) is 4.59. The number of nitrogens with zero attached hydrogens (tertiary/aromatic N) is 2. The van der Waals surface area contributed by atoms with Crippen LogP contribution < -0.4 is 10.6 Å². The second kappa shape index (κ2) is 7.85. The molecule has 0 aliphatic rings. The second-order valence-corrected chi connectivity index (χ2v) is 6.81. The molecule has 0 saturated carbocycles. The predicted molar refractivity (Wildman–Crippen MR) is 108 cm³/mol. The monoisotopic (exact) mass is 388 g/mol. The van der Waals surface area contributed by atoms with Crippen molar-refractivity contribution in [3.63, 3.8) is 0 Å². The summed E-state index contributed by atoms with van der Waals surface area (Å²) in [5.41, 5.74) is 4.76. The Morgan fingerprint density at radius 3 is 2.35 bits per heavy atom. The molecule has 1 aromatic heterocycles. The highest BCUT2D eigenvalue weighted by atomic mass is 35.5. The van der Waals surface area contributed by atoms with Crippen LogP contribution in [0, 0.1) is 19.7 Å². The smallest absolute Gasteiger partial charge is 0.175 e. The lowest BCUT2D eigenvalue weighted by Gasteiger charge is -2.12. The van der Waals surface area contributed by atoms with Gasteiger partial charge in [-0.25, -0.2) is 4.39 Å². The lowest BCUT2D eigenvalue weighted by molar-refractivity contribution is 0.628. The molecule has 3 aromatic rings. The number of rotatable bonds is 4. The van der Waals surface area contributed by atoms with Crippen molar-refractivity contribution in [2.75, 3.05) is 10.6 Å². The van der Waals surface area contributed by atoms with Gasteiger partial charge in [0, 0.05) is 17.1 Å². The summed E-state index contributed by atoms with van der Waals surface area (Å²) in [5.74, 6) is -0.464. The van der Waals surface area contributed by atoms with E-state index in [9.17, 15) is 4.39 Å². The summed E-state index contributed by atoms with van der Waals surface area (Å²) in [6.45, 7) is 4.75. The molecular formula is C19H18ClFN4S. The number of hydrogen-bond acceptors (Lipinski definition) is 2. The second-order valence-electron chi connectivity index (χ2n) is 5.99. The Labute approximate surface area is 162 Å². The van der Waals surface area contributed by atoms with E-state index in [4.69, 9.17) is 23.8 Å². The molecule has 2 aromatic carbocycles. The zero-order chi connectivity index (χ0) is 18.7. The van der Waals surface area contributed by atoms with Gasteiger partial charge in [0.05, 0.1) is 17.3 Å². The standard InChI is InChI=1S/C19H18ClFN4S/c1-12-9-13(2)25(24-12)11-14-3-5-15(6-4-14)22-19(26)23-16-7-8-18(21)17(20)10-16/h3-10H,11H2,1-2H3,(H2,22,23,26). The van der Waals surface area contributed by atoms with Crippen molar-refractivity contribution in [2.45, 2.75) is 20.4 Å². The lowest BCUT2D eigenvalue weighted by atomic mass is 10.2.